The van der Waals surface area contributed by atoms with Crippen LogP contribution >= 0.6 is 0 Å². The number of hydrogen-bond donors (Lipinski definition) is 2. The number of halogens is 3. The van der Waals surface area contributed by atoms with Crippen LogP contribution in [0.25, 0.3) is 0 Å². The molecule has 0 aromatic rings. The number of amides is 1. The first-order valence-electron chi connectivity index (χ1n) is 4.92. The van der Waals surface area contributed by atoms with E-state index in [2.05, 4.69) is 5.32 Å². The van der Waals surface area contributed by atoms with Gasteiger partial charge in [-0.25, -0.2) is 17.8 Å². The third-order valence-electron chi connectivity index (χ3n) is 2.45. The molecule has 1 amide bonds. The van der Waals surface area contributed by atoms with Crippen LogP contribution < -0.4 is 5.32 Å². The Morgan fingerprint density at radius 3 is 2.56 bits per heavy atom. The van der Waals surface area contributed by atoms with Gasteiger partial charge in [0.1, 0.15) is 6.04 Å². The van der Waals surface area contributed by atoms with E-state index < -0.39 is 46.1 Å². The Balaban J connectivity index is 3.00. The Kier molecular flexibility index (Phi) is 4.01. The van der Waals surface area contributed by atoms with Gasteiger partial charge in [0.15, 0.2) is 0 Å². The fraction of sp³-hybridized carbons (Fsp3) is 0.750. The van der Waals surface area contributed by atoms with E-state index in [1.54, 1.807) is 0 Å². The summed E-state index contributed by atoms with van der Waals surface area (Å²) in [7, 11) is -3.71. The normalized spacial score (nSPS) is 25.8. The standard InChI is InChI=1S/C8H12F3N3O3S/c1-13-3-6(15)14-4-8(9,10)2-5(14)7(16)18(11,12)17/h5,12-13H,2-4H2,1H3. The number of alkyl halides is 2. The van der Waals surface area contributed by atoms with E-state index in [1.165, 1.54) is 7.05 Å². The van der Waals surface area contributed by atoms with Gasteiger partial charge in [0, 0.05) is 6.42 Å². The highest BCUT2D eigenvalue weighted by Crippen LogP contribution is 2.33. The summed E-state index contributed by atoms with van der Waals surface area (Å²) in [6.45, 7) is -1.36. The molecule has 1 saturated heterocycles. The highest BCUT2D eigenvalue weighted by molar-refractivity contribution is 8.02. The van der Waals surface area contributed by atoms with Crippen LogP contribution in [0.15, 0.2) is 0 Å². The minimum absolute atomic E-state index is 0.314. The number of carbonyl (C=O) groups excluding carboxylic acids is 2. The van der Waals surface area contributed by atoms with Gasteiger partial charge in [0.05, 0.1) is 13.1 Å². The SMILES string of the molecule is CNCC(=O)N1CC(F)(F)CC1C(=O)S(=N)(=O)F. The fourth-order valence-corrected chi connectivity index (χ4v) is 2.28. The maximum absolute atomic E-state index is 13.2. The molecule has 0 saturated carbocycles. The summed E-state index contributed by atoms with van der Waals surface area (Å²) in [5, 5.41) is 0.623. The van der Waals surface area contributed by atoms with Gasteiger partial charge in [0.2, 0.25) is 5.91 Å². The summed E-state index contributed by atoms with van der Waals surface area (Å²) in [6, 6.07) is -1.85. The van der Waals surface area contributed by atoms with Crippen molar-refractivity contribution in [1.82, 2.24) is 10.2 Å². The minimum Gasteiger partial charge on any atom is -0.324 e. The molecule has 0 bridgehead atoms. The Hall–Kier alpha value is -1.16. The zero-order valence-electron chi connectivity index (χ0n) is 9.41. The lowest BCUT2D eigenvalue weighted by Crippen LogP contribution is -2.45. The van der Waals surface area contributed by atoms with Crippen molar-refractivity contribution < 1.29 is 26.5 Å². The summed E-state index contributed by atoms with van der Waals surface area (Å²) < 4.78 is 56.2. The van der Waals surface area contributed by atoms with Gasteiger partial charge in [-0.1, -0.05) is 0 Å². The molecule has 1 fully saturated rings. The van der Waals surface area contributed by atoms with Gasteiger partial charge in [0.25, 0.3) is 21.2 Å². The molecule has 10 heteroatoms. The predicted octanol–water partition coefficient (Wildman–Crippen LogP) is -0.100. The molecule has 0 aromatic carbocycles. The molecule has 1 rings (SSSR count). The molecular weight excluding hydrogens is 275 g/mol. The number of likely N-dealkylation sites (tertiary alicyclic amines) is 1. The van der Waals surface area contributed by atoms with Crippen LogP contribution in [-0.4, -0.2) is 52.2 Å². The lowest BCUT2D eigenvalue weighted by molar-refractivity contribution is -0.135. The van der Waals surface area contributed by atoms with E-state index in [-0.39, 0.29) is 6.54 Å². The van der Waals surface area contributed by atoms with Crippen molar-refractivity contribution in [2.75, 3.05) is 20.1 Å². The monoisotopic (exact) mass is 287 g/mol. The fourth-order valence-electron chi connectivity index (χ4n) is 1.72. The second-order valence-corrected chi connectivity index (χ2v) is 5.31. The van der Waals surface area contributed by atoms with E-state index in [0.717, 1.165) is 0 Å². The van der Waals surface area contributed by atoms with Crippen molar-refractivity contribution in [3.05, 3.63) is 0 Å². The van der Waals surface area contributed by atoms with Crippen LogP contribution in [0.4, 0.5) is 12.7 Å². The molecule has 0 spiro atoms. The van der Waals surface area contributed by atoms with Gasteiger partial charge in [-0.2, -0.15) is 0 Å². The summed E-state index contributed by atoms with van der Waals surface area (Å²) >= 11 is 0. The van der Waals surface area contributed by atoms with Crippen molar-refractivity contribution in [2.45, 2.75) is 18.4 Å². The molecule has 1 heterocycles. The molecule has 2 unspecified atom stereocenters. The van der Waals surface area contributed by atoms with Crippen molar-refractivity contribution in [1.29, 1.82) is 4.78 Å². The zero-order chi connectivity index (χ0) is 14.1. The molecule has 104 valence electrons. The summed E-state index contributed by atoms with van der Waals surface area (Å²) in [6.07, 6.45) is -1.11. The van der Waals surface area contributed by atoms with Crippen molar-refractivity contribution in [2.24, 2.45) is 0 Å². The summed E-state index contributed by atoms with van der Waals surface area (Å²) in [5.41, 5.74) is 0. The van der Waals surface area contributed by atoms with Crippen molar-refractivity contribution >= 4 is 21.1 Å². The van der Waals surface area contributed by atoms with Crippen LogP contribution in [0.2, 0.25) is 0 Å². The maximum Gasteiger partial charge on any atom is 0.280 e. The van der Waals surface area contributed by atoms with E-state index in [9.17, 15) is 26.5 Å². The first-order chi connectivity index (χ1) is 8.08. The van der Waals surface area contributed by atoms with Gasteiger partial charge >= 0.3 is 0 Å². The number of hydrogen-bond acceptors (Lipinski definition) is 5. The molecule has 2 N–H and O–H groups in total. The Bertz CT molecular complexity index is 465. The van der Waals surface area contributed by atoms with E-state index in [0.29, 0.717) is 4.90 Å². The molecule has 0 radical (unpaired) electrons. The number of likely N-dealkylation sites (N-methyl/N-ethyl adjacent to an activating group) is 1. The topological polar surface area (TPSA) is 90.3 Å². The molecule has 0 aromatic heterocycles. The molecule has 2 atom stereocenters. The van der Waals surface area contributed by atoms with Gasteiger partial charge < -0.3 is 10.2 Å². The highest BCUT2D eigenvalue weighted by atomic mass is 32.3. The van der Waals surface area contributed by atoms with Crippen molar-refractivity contribution in [3.63, 3.8) is 0 Å². The van der Waals surface area contributed by atoms with Crippen LogP contribution in [0.1, 0.15) is 6.42 Å². The second-order valence-electron chi connectivity index (χ2n) is 3.93. The van der Waals surface area contributed by atoms with Crippen molar-refractivity contribution in [3.8, 4) is 0 Å². The molecular formula is C8H12F3N3O3S. The quantitative estimate of drug-likeness (QED) is 0.709. The first-order valence-corrected chi connectivity index (χ1v) is 6.38. The number of nitrogens with zero attached hydrogens (tertiary/aromatic N) is 1. The first kappa shape index (κ1) is 14.9. The van der Waals surface area contributed by atoms with E-state index in [4.69, 9.17) is 4.78 Å². The second kappa shape index (κ2) is 4.84. The van der Waals surface area contributed by atoms with E-state index in [1.807, 2.05) is 0 Å². The third-order valence-corrected chi connectivity index (χ3v) is 3.24. The van der Waals surface area contributed by atoms with E-state index >= 15 is 0 Å². The highest BCUT2D eigenvalue weighted by Gasteiger charge is 2.51. The molecule has 1 aliphatic heterocycles. The van der Waals surface area contributed by atoms with Crippen LogP contribution in [0.3, 0.4) is 0 Å². The average molecular weight is 287 g/mol. The van der Waals surface area contributed by atoms with Gasteiger partial charge in [-0.15, -0.1) is 3.89 Å². The van der Waals surface area contributed by atoms with Crippen LogP contribution in [-0.2, 0) is 19.7 Å². The Morgan fingerprint density at radius 1 is 1.56 bits per heavy atom. The maximum atomic E-state index is 13.2. The molecule has 0 aliphatic carbocycles. The lowest BCUT2D eigenvalue weighted by atomic mass is 10.2. The van der Waals surface area contributed by atoms with Crippen LogP contribution in [0.5, 0.6) is 0 Å². The average Bonchev–Trinajstić information content (AvgIpc) is 2.52. The summed E-state index contributed by atoms with van der Waals surface area (Å²) in [4.78, 5) is 23.2. The zero-order valence-corrected chi connectivity index (χ0v) is 10.2. The number of nitrogens with one attached hydrogen (secondary N) is 2. The number of carbonyl (C=O) groups is 2. The Labute approximate surface area is 102 Å². The third kappa shape index (κ3) is 3.19. The summed E-state index contributed by atoms with van der Waals surface area (Å²) in [5.74, 6) is -4.19. The smallest absolute Gasteiger partial charge is 0.280 e. The Morgan fingerprint density at radius 2 is 2.11 bits per heavy atom. The van der Waals surface area contributed by atoms with Gasteiger partial charge in [-0.3, -0.25) is 9.59 Å². The minimum atomic E-state index is -5.10. The molecule has 18 heavy (non-hydrogen) atoms. The predicted molar refractivity (Wildman–Crippen MR) is 56.0 cm³/mol. The van der Waals surface area contributed by atoms with Crippen LogP contribution in [0, 0.1) is 4.78 Å². The largest absolute Gasteiger partial charge is 0.324 e. The lowest BCUT2D eigenvalue weighted by Gasteiger charge is -2.21. The molecule has 1 aliphatic rings. The molecule has 6 nitrogen and oxygen atoms in total. The number of rotatable bonds is 3. The van der Waals surface area contributed by atoms with Gasteiger partial charge in [-0.05, 0) is 7.05 Å².